The summed E-state index contributed by atoms with van der Waals surface area (Å²) in [4.78, 5) is 0. The van der Waals surface area contributed by atoms with Gasteiger partial charge in [0.05, 0.1) is 6.10 Å². The Bertz CT molecular complexity index is 299. The fourth-order valence-corrected chi connectivity index (χ4v) is 2.03. The zero-order valence-corrected chi connectivity index (χ0v) is 9.85. The van der Waals surface area contributed by atoms with E-state index < -0.39 is 0 Å². The van der Waals surface area contributed by atoms with Crippen molar-refractivity contribution in [3.05, 3.63) is 5.01 Å². The van der Waals surface area contributed by atoms with Crippen LogP contribution in [0.4, 0.5) is 5.13 Å². The maximum absolute atomic E-state index is 5.66. The minimum Gasteiger partial charge on any atom is -0.371 e. The van der Waals surface area contributed by atoms with Crippen LogP contribution in [0.5, 0.6) is 0 Å². The molecule has 84 valence electrons. The molecule has 0 radical (unpaired) electrons. The maximum atomic E-state index is 5.66. The van der Waals surface area contributed by atoms with Gasteiger partial charge in [0.2, 0.25) is 5.13 Å². The molecule has 2 rings (SSSR count). The molecule has 1 N–H and O–H groups in total. The molecule has 0 spiro atoms. The van der Waals surface area contributed by atoms with E-state index in [9.17, 15) is 0 Å². The monoisotopic (exact) mass is 227 g/mol. The van der Waals surface area contributed by atoms with Gasteiger partial charge in [-0.05, 0) is 25.7 Å². The van der Waals surface area contributed by atoms with Crippen LogP contribution in [0.2, 0.25) is 0 Å². The molecule has 0 atom stereocenters. The lowest BCUT2D eigenvalue weighted by Gasteiger charge is -2.24. The van der Waals surface area contributed by atoms with Gasteiger partial charge in [0, 0.05) is 6.54 Å². The van der Waals surface area contributed by atoms with E-state index in [1.54, 1.807) is 11.3 Å². The Balaban J connectivity index is 1.73. The molecule has 0 saturated heterocycles. The van der Waals surface area contributed by atoms with Crippen LogP contribution in [0.1, 0.15) is 37.6 Å². The molecule has 1 aromatic heterocycles. The highest BCUT2D eigenvalue weighted by molar-refractivity contribution is 7.15. The average molecular weight is 227 g/mol. The molecule has 1 saturated carbocycles. The smallest absolute Gasteiger partial charge is 0.205 e. The Morgan fingerprint density at radius 3 is 3.00 bits per heavy atom. The lowest BCUT2D eigenvalue weighted by atomic mass is 9.96. The summed E-state index contributed by atoms with van der Waals surface area (Å²) in [5.41, 5.74) is 0. The van der Waals surface area contributed by atoms with Crippen molar-refractivity contribution in [3.8, 4) is 0 Å². The van der Waals surface area contributed by atoms with Gasteiger partial charge >= 0.3 is 0 Å². The van der Waals surface area contributed by atoms with Crippen molar-refractivity contribution in [2.75, 3.05) is 11.9 Å². The van der Waals surface area contributed by atoms with Gasteiger partial charge in [-0.25, -0.2) is 0 Å². The molecule has 1 aliphatic rings. The summed E-state index contributed by atoms with van der Waals surface area (Å²) in [6, 6.07) is 0. The summed E-state index contributed by atoms with van der Waals surface area (Å²) in [6.45, 7) is 3.71. The Kier molecular flexibility index (Phi) is 3.91. The van der Waals surface area contributed by atoms with Crippen LogP contribution < -0.4 is 5.32 Å². The Morgan fingerprint density at radius 1 is 1.47 bits per heavy atom. The Morgan fingerprint density at radius 2 is 2.33 bits per heavy atom. The van der Waals surface area contributed by atoms with Gasteiger partial charge in [0.15, 0.2) is 0 Å². The number of anilines is 1. The van der Waals surface area contributed by atoms with E-state index >= 15 is 0 Å². The minimum atomic E-state index is 0.473. The number of rotatable bonds is 6. The first-order chi connectivity index (χ1) is 7.38. The average Bonchev–Trinajstić information content (AvgIpc) is 2.60. The molecule has 1 fully saturated rings. The van der Waals surface area contributed by atoms with E-state index in [0.29, 0.717) is 12.7 Å². The molecule has 0 aromatic carbocycles. The number of nitrogens with zero attached hydrogens (tertiary/aromatic N) is 2. The lowest BCUT2D eigenvalue weighted by Crippen LogP contribution is -2.21. The largest absolute Gasteiger partial charge is 0.371 e. The number of nitrogens with one attached hydrogen (secondary N) is 1. The standard InChI is InChI=1S/C10H17N3OS/c1-2-6-11-10-13-12-9(15-10)7-14-8-4-3-5-8/h8H,2-7H2,1H3,(H,11,13). The summed E-state index contributed by atoms with van der Waals surface area (Å²) < 4.78 is 5.66. The summed E-state index contributed by atoms with van der Waals surface area (Å²) >= 11 is 1.59. The zero-order valence-electron chi connectivity index (χ0n) is 9.03. The van der Waals surface area contributed by atoms with E-state index in [2.05, 4.69) is 22.4 Å². The second-order valence-electron chi connectivity index (χ2n) is 3.79. The van der Waals surface area contributed by atoms with E-state index in [1.807, 2.05) is 0 Å². The molecule has 15 heavy (non-hydrogen) atoms. The summed E-state index contributed by atoms with van der Waals surface area (Å²) in [5, 5.41) is 13.2. The van der Waals surface area contributed by atoms with E-state index in [1.165, 1.54) is 19.3 Å². The molecule has 1 aromatic rings. The van der Waals surface area contributed by atoms with Gasteiger partial charge in [-0.1, -0.05) is 18.3 Å². The molecule has 0 bridgehead atoms. The zero-order chi connectivity index (χ0) is 10.5. The van der Waals surface area contributed by atoms with Crippen LogP contribution in [0.25, 0.3) is 0 Å². The predicted molar refractivity (Wildman–Crippen MR) is 61.1 cm³/mol. The highest BCUT2D eigenvalue weighted by atomic mass is 32.1. The normalized spacial score (nSPS) is 16.3. The molecular weight excluding hydrogens is 210 g/mol. The third kappa shape index (κ3) is 3.14. The van der Waals surface area contributed by atoms with Crippen LogP contribution in [0, 0.1) is 0 Å². The second kappa shape index (κ2) is 5.42. The van der Waals surface area contributed by atoms with E-state index in [-0.39, 0.29) is 0 Å². The molecule has 0 aliphatic heterocycles. The van der Waals surface area contributed by atoms with Gasteiger partial charge in [0.25, 0.3) is 0 Å². The first-order valence-electron chi connectivity index (χ1n) is 5.56. The van der Waals surface area contributed by atoms with Crippen molar-refractivity contribution in [1.29, 1.82) is 0 Å². The van der Waals surface area contributed by atoms with Gasteiger partial charge in [0.1, 0.15) is 11.6 Å². The SMILES string of the molecule is CCCNc1nnc(COC2CCC2)s1. The van der Waals surface area contributed by atoms with Crippen molar-refractivity contribution < 1.29 is 4.74 Å². The van der Waals surface area contributed by atoms with E-state index in [4.69, 9.17) is 4.74 Å². The van der Waals surface area contributed by atoms with Gasteiger partial charge in [-0.15, -0.1) is 10.2 Å². The fourth-order valence-electron chi connectivity index (χ4n) is 1.34. The lowest BCUT2D eigenvalue weighted by molar-refractivity contribution is -0.00892. The number of hydrogen-bond donors (Lipinski definition) is 1. The quantitative estimate of drug-likeness (QED) is 0.810. The third-order valence-electron chi connectivity index (χ3n) is 2.49. The first kappa shape index (κ1) is 10.8. The van der Waals surface area contributed by atoms with Crippen LogP contribution in [-0.2, 0) is 11.3 Å². The summed E-state index contributed by atoms with van der Waals surface area (Å²) in [5.74, 6) is 0. The van der Waals surface area contributed by atoms with Gasteiger partial charge < -0.3 is 10.1 Å². The number of hydrogen-bond acceptors (Lipinski definition) is 5. The van der Waals surface area contributed by atoms with Crippen LogP contribution in [0.15, 0.2) is 0 Å². The first-order valence-corrected chi connectivity index (χ1v) is 6.38. The summed E-state index contributed by atoms with van der Waals surface area (Å²) in [7, 11) is 0. The highest BCUT2D eigenvalue weighted by Gasteiger charge is 2.18. The summed E-state index contributed by atoms with van der Waals surface area (Å²) in [6.07, 6.45) is 5.30. The molecule has 5 heteroatoms. The van der Waals surface area contributed by atoms with Gasteiger partial charge in [-0.2, -0.15) is 0 Å². The minimum absolute atomic E-state index is 0.473. The highest BCUT2D eigenvalue weighted by Crippen LogP contribution is 2.24. The van der Waals surface area contributed by atoms with Crippen molar-refractivity contribution >= 4 is 16.5 Å². The third-order valence-corrected chi connectivity index (χ3v) is 3.34. The molecular formula is C10H17N3OS. The second-order valence-corrected chi connectivity index (χ2v) is 4.85. The number of ether oxygens (including phenoxy) is 1. The van der Waals surface area contributed by atoms with Crippen molar-refractivity contribution in [2.45, 2.75) is 45.3 Å². The molecule has 0 amide bonds. The van der Waals surface area contributed by atoms with Crippen molar-refractivity contribution in [1.82, 2.24) is 10.2 Å². The maximum Gasteiger partial charge on any atom is 0.205 e. The molecule has 0 unspecified atom stereocenters. The molecule has 1 aliphatic carbocycles. The van der Waals surface area contributed by atoms with Crippen LogP contribution in [-0.4, -0.2) is 22.8 Å². The Labute approximate surface area is 94.1 Å². The number of aromatic nitrogens is 2. The van der Waals surface area contributed by atoms with Crippen LogP contribution >= 0.6 is 11.3 Å². The van der Waals surface area contributed by atoms with Crippen molar-refractivity contribution in [3.63, 3.8) is 0 Å². The van der Waals surface area contributed by atoms with Crippen molar-refractivity contribution in [2.24, 2.45) is 0 Å². The fraction of sp³-hybridized carbons (Fsp3) is 0.800. The predicted octanol–water partition coefficient (Wildman–Crippen LogP) is 2.43. The van der Waals surface area contributed by atoms with Gasteiger partial charge in [-0.3, -0.25) is 0 Å². The molecule has 1 heterocycles. The molecule has 4 nitrogen and oxygen atoms in total. The van der Waals surface area contributed by atoms with Crippen LogP contribution in [0.3, 0.4) is 0 Å². The van der Waals surface area contributed by atoms with E-state index in [0.717, 1.165) is 23.1 Å². The topological polar surface area (TPSA) is 47.0 Å². The Hall–Kier alpha value is -0.680.